The van der Waals surface area contributed by atoms with Crippen molar-refractivity contribution in [3.8, 4) is 0 Å². The van der Waals surface area contributed by atoms with Crippen LogP contribution in [0.5, 0.6) is 0 Å². The number of carbonyl (C=O) groups is 2. The number of aromatic nitrogens is 3. The van der Waals surface area contributed by atoms with E-state index in [4.69, 9.17) is 0 Å². The summed E-state index contributed by atoms with van der Waals surface area (Å²) in [6.45, 7) is 4.51. The normalized spacial score (nSPS) is 18.7. The third kappa shape index (κ3) is 6.96. The first kappa shape index (κ1) is 25.1. The Morgan fingerprint density at radius 3 is 2.64 bits per heavy atom. The number of carbonyl (C=O) groups excluding carboxylic acids is 2. The number of alkyl halides is 3. The van der Waals surface area contributed by atoms with E-state index in [1.165, 1.54) is 30.3 Å². The zero-order valence-electron chi connectivity index (χ0n) is 18.6. The first-order valence-corrected chi connectivity index (χ1v) is 12.0. The molecule has 0 unspecified atom stereocenters. The van der Waals surface area contributed by atoms with Gasteiger partial charge in [-0.2, -0.15) is 13.2 Å². The Morgan fingerprint density at radius 2 is 1.94 bits per heavy atom. The van der Waals surface area contributed by atoms with Gasteiger partial charge in [-0.05, 0) is 43.9 Å². The molecule has 1 aromatic heterocycles. The maximum absolute atomic E-state index is 12.9. The van der Waals surface area contributed by atoms with Crippen molar-refractivity contribution in [3.05, 3.63) is 35.7 Å². The molecule has 2 N–H and O–H groups in total. The van der Waals surface area contributed by atoms with Crippen molar-refractivity contribution in [2.75, 3.05) is 11.1 Å². The number of halogens is 3. The number of benzene rings is 1. The Bertz CT molecular complexity index is 979. The molecule has 11 heteroatoms. The zero-order chi connectivity index (χ0) is 24.0. The van der Waals surface area contributed by atoms with Gasteiger partial charge in [-0.1, -0.05) is 37.6 Å². The van der Waals surface area contributed by atoms with Gasteiger partial charge in [0.05, 0.1) is 17.7 Å². The fourth-order valence-electron chi connectivity index (χ4n) is 3.91. The molecule has 0 spiro atoms. The molecule has 0 aliphatic heterocycles. The maximum Gasteiger partial charge on any atom is 0.416 e. The molecule has 3 rings (SSSR count). The van der Waals surface area contributed by atoms with Crippen LogP contribution in [0, 0.1) is 5.92 Å². The van der Waals surface area contributed by atoms with Gasteiger partial charge in [0.1, 0.15) is 5.82 Å². The molecule has 2 aromatic rings. The standard InChI is InChI=1S/C22H28F3N5O2S/c1-3-30-18(12-19(31)26-16-9-6-8-15(11-16)22(23,24)25)28-29-21(30)33-13-20(32)27-17-10-5-4-7-14(17)2/h6,8-9,11,14,17H,3-5,7,10,12-13H2,1-2H3,(H,26,31)(H,27,32)/t14-,17-/m0/s1. The first-order chi connectivity index (χ1) is 15.7. The summed E-state index contributed by atoms with van der Waals surface area (Å²) in [6, 6.07) is 4.66. The van der Waals surface area contributed by atoms with Gasteiger partial charge >= 0.3 is 6.18 Å². The predicted molar refractivity (Wildman–Crippen MR) is 120 cm³/mol. The van der Waals surface area contributed by atoms with Crippen LogP contribution in [0.3, 0.4) is 0 Å². The van der Waals surface area contributed by atoms with E-state index in [0.29, 0.717) is 23.4 Å². The summed E-state index contributed by atoms with van der Waals surface area (Å²) in [4.78, 5) is 24.8. The maximum atomic E-state index is 12.9. The van der Waals surface area contributed by atoms with E-state index >= 15 is 0 Å². The van der Waals surface area contributed by atoms with E-state index in [1.54, 1.807) is 4.57 Å². The fourth-order valence-corrected chi connectivity index (χ4v) is 4.74. The van der Waals surface area contributed by atoms with Crippen molar-refractivity contribution in [1.29, 1.82) is 0 Å². The number of anilines is 1. The van der Waals surface area contributed by atoms with Crippen LogP contribution >= 0.6 is 11.8 Å². The van der Waals surface area contributed by atoms with Crippen LogP contribution in [-0.4, -0.2) is 38.4 Å². The highest BCUT2D eigenvalue weighted by Crippen LogP contribution is 2.30. The molecule has 1 fully saturated rings. The predicted octanol–water partition coefficient (Wildman–Crippen LogP) is 4.29. The van der Waals surface area contributed by atoms with Crippen LogP contribution in [0.25, 0.3) is 0 Å². The SMILES string of the molecule is CCn1c(CC(=O)Nc2cccc(C(F)(F)F)c2)nnc1SCC(=O)N[C@H]1CCCC[C@@H]1C. The smallest absolute Gasteiger partial charge is 0.352 e. The second-order valence-corrected chi connectivity index (χ2v) is 9.11. The third-order valence-corrected chi connectivity index (χ3v) is 6.66. The van der Waals surface area contributed by atoms with E-state index in [-0.39, 0.29) is 29.8 Å². The molecule has 1 aromatic carbocycles. The number of rotatable bonds is 8. The van der Waals surface area contributed by atoms with Gasteiger partial charge in [-0.3, -0.25) is 9.59 Å². The molecule has 1 aliphatic rings. The number of nitrogens with zero attached hydrogens (tertiary/aromatic N) is 3. The molecule has 0 bridgehead atoms. The number of nitrogens with one attached hydrogen (secondary N) is 2. The van der Waals surface area contributed by atoms with Gasteiger partial charge in [0.25, 0.3) is 0 Å². The van der Waals surface area contributed by atoms with Crippen LogP contribution in [-0.2, 0) is 28.7 Å². The second kappa shape index (κ2) is 11.0. The minimum atomic E-state index is -4.49. The molecule has 1 aliphatic carbocycles. The molecule has 7 nitrogen and oxygen atoms in total. The molecule has 0 radical (unpaired) electrons. The lowest BCUT2D eigenvalue weighted by Crippen LogP contribution is -2.41. The molecule has 0 saturated heterocycles. The molecule has 180 valence electrons. The summed E-state index contributed by atoms with van der Waals surface area (Å²) >= 11 is 1.25. The van der Waals surface area contributed by atoms with Crippen LogP contribution in [0.2, 0.25) is 0 Å². The third-order valence-electron chi connectivity index (χ3n) is 5.69. The van der Waals surface area contributed by atoms with Gasteiger partial charge in [0.15, 0.2) is 5.16 Å². The minimum absolute atomic E-state index is 0.0561. The Kier molecular flexibility index (Phi) is 8.39. The Hall–Kier alpha value is -2.56. The van der Waals surface area contributed by atoms with Crippen LogP contribution < -0.4 is 10.6 Å². The van der Waals surface area contributed by atoms with E-state index in [1.807, 2.05) is 6.92 Å². The van der Waals surface area contributed by atoms with Crippen molar-refractivity contribution in [2.45, 2.75) is 69.9 Å². The molecule has 2 amide bonds. The average Bonchev–Trinajstić information content (AvgIpc) is 3.14. The van der Waals surface area contributed by atoms with Crippen LogP contribution in [0.15, 0.2) is 29.4 Å². The molecular formula is C22H28F3N5O2S. The van der Waals surface area contributed by atoms with Gasteiger partial charge in [-0.15, -0.1) is 10.2 Å². The van der Waals surface area contributed by atoms with Crippen LogP contribution in [0.4, 0.5) is 18.9 Å². The topological polar surface area (TPSA) is 88.9 Å². The van der Waals surface area contributed by atoms with Crippen molar-refractivity contribution in [2.24, 2.45) is 5.92 Å². The number of hydrogen-bond acceptors (Lipinski definition) is 5. The van der Waals surface area contributed by atoms with Crippen molar-refractivity contribution >= 4 is 29.3 Å². The van der Waals surface area contributed by atoms with Crippen LogP contribution in [0.1, 0.15) is 50.9 Å². The minimum Gasteiger partial charge on any atom is -0.352 e. The summed E-state index contributed by atoms with van der Waals surface area (Å²) < 4.78 is 40.3. The van der Waals surface area contributed by atoms with Gasteiger partial charge in [0.2, 0.25) is 11.8 Å². The van der Waals surface area contributed by atoms with E-state index in [9.17, 15) is 22.8 Å². The van der Waals surface area contributed by atoms with Gasteiger partial charge in [0, 0.05) is 18.3 Å². The fraction of sp³-hybridized carbons (Fsp3) is 0.545. The molecule has 2 atom stereocenters. The lowest BCUT2D eigenvalue weighted by atomic mass is 9.86. The number of amides is 2. The largest absolute Gasteiger partial charge is 0.416 e. The highest BCUT2D eigenvalue weighted by molar-refractivity contribution is 7.99. The van der Waals surface area contributed by atoms with Crippen molar-refractivity contribution < 1.29 is 22.8 Å². The molecule has 33 heavy (non-hydrogen) atoms. The first-order valence-electron chi connectivity index (χ1n) is 11.0. The van der Waals surface area contributed by atoms with E-state index in [0.717, 1.165) is 31.4 Å². The van der Waals surface area contributed by atoms with Crippen molar-refractivity contribution in [3.63, 3.8) is 0 Å². The quantitative estimate of drug-likeness (QED) is 0.547. The number of hydrogen-bond donors (Lipinski definition) is 2. The highest BCUT2D eigenvalue weighted by atomic mass is 32.2. The zero-order valence-corrected chi connectivity index (χ0v) is 19.4. The lowest BCUT2D eigenvalue weighted by molar-refractivity contribution is -0.137. The monoisotopic (exact) mass is 483 g/mol. The molecule has 1 saturated carbocycles. The Balaban J connectivity index is 1.56. The van der Waals surface area contributed by atoms with E-state index < -0.39 is 17.6 Å². The van der Waals surface area contributed by atoms with Gasteiger partial charge in [-0.25, -0.2) is 0 Å². The van der Waals surface area contributed by atoms with E-state index in [2.05, 4.69) is 27.8 Å². The summed E-state index contributed by atoms with van der Waals surface area (Å²) in [5.74, 6) is 0.475. The Morgan fingerprint density at radius 1 is 1.18 bits per heavy atom. The Labute approximate surface area is 194 Å². The summed E-state index contributed by atoms with van der Waals surface area (Å²) in [7, 11) is 0. The summed E-state index contributed by atoms with van der Waals surface area (Å²) in [5, 5.41) is 14.2. The van der Waals surface area contributed by atoms with Crippen molar-refractivity contribution in [1.82, 2.24) is 20.1 Å². The average molecular weight is 484 g/mol. The summed E-state index contributed by atoms with van der Waals surface area (Å²) in [6.07, 6.45) is -0.202. The lowest BCUT2D eigenvalue weighted by Gasteiger charge is -2.29. The highest BCUT2D eigenvalue weighted by Gasteiger charge is 2.30. The van der Waals surface area contributed by atoms with Gasteiger partial charge < -0.3 is 15.2 Å². The summed E-state index contributed by atoms with van der Waals surface area (Å²) in [5.41, 5.74) is -0.780. The molecular weight excluding hydrogens is 455 g/mol. The second-order valence-electron chi connectivity index (χ2n) is 8.17. The molecule has 1 heterocycles. The number of thioether (sulfide) groups is 1.